The third kappa shape index (κ3) is 6.13. The first kappa shape index (κ1) is 26.1. The van der Waals surface area contributed by atoms with Crippen LogP contribution in [0.1, 0.15) is 52.1 Å². The Balaban J connectivity index is 1.76. The number of aromatic hydroxyl groups is 1. The average Bonchev–Trinajstić information content (AvgIpc) is 2.84. The van der Waals surface area contributed by atoms with Crippen LogP contribution in [-0.2, 0) is 17.2 Å². The molecule has 5 N–H and O–H groups in total. The van der Waals surface area contributed by atoms with E-state index in [1.807, 2.05) is 19.1 Å². The van der Waals surface area contributed by atoms with Crippen molar-refractivity contribution in [1.82, 2.24) is 0 Å². The standard InChI is InChI=1S/C26H29NO7S/c1-4-6-23-24(14-13-22(17(2)28)25(23)29)34-16-18-9-11-21(12-10-18)35(32,33-3)27-20-8-5-7-19(15-20)26(30)31/h5,7-15,27,29,32H,4,6,16H2,1-3H3,(H,30,31)/p+1. The van der Waals surface area contributed by atoms with E-state index in [2.05, 4.69) is 4.72 Å². The lowest BCUT2D eigenvalue weighted by molar-refractivity contribution is 0.0696. The normalized spacial score (nSPS) is 13.5. The molecular weight excluding hydrogens is 470 g/mol. The number of phenols is 1. The number of carboxylic acids is 1. The second kappa shape index (κ2) is 11.3. The molecule has 0 amide bonds. The molecule has 0 aliphatic rings. The Morgan fingerprint density at radius 1 is 1.09 bits per heavy atom. The first-order valence-electron chi connectivity index (χ1n) is 11.0. The van der Waals surface area contributed by atoms with E-state index in [0.29, 0.717) is 28.3 Å². The van der Waals surface area contributed by atoms with Gasteiger partial charge in [-0.3, -0.25) is 4.79 Å². The zero-order valence-corrected chi connectivity index (χ0v) is 20.6. The van der Waals surface area contributed by atoms with E-state index in [0.717, 1.165) is 12.0 Å². The molecule has 0 saturated heterocycles. The fourth-order valence-corrected chi connectivity index (χ4v) is 4.92. The van der Waals surface area contributed by atoms with Crippen molar-refractivity contribution >= 4 is 28.2 Å². The molecule has 0 aliphatic heterocycles. The molecule has 1 unspecified atom stereocenters. The molecular formula is C26H30NO7S+. The Morgan fingerprint density at radius 3 is 2.40 bits per heavy atom. The van der Waals surface area contributed by atoms with Crippen molar-refractivity contribution in [2.45, 2.75) is 38.2 Å². The van der Waals surface area contributed by atoms with Gasteiger partial charge in [0.1, 0.15) is 23.0 Å². The molecule has 0 aromatic heterocycles. The second-order valence-corrected chi connectivity index (χ2v) is 10.0. The first-order chi connectivity index (χ1) is 16.7. The fraction of sp³-hybridized carbons (Fsp3) is 0.231. The Kier molecular flexibility index (Phi) is 8.39. The number of nitrogens with one attached hydrogen (secondary N) is 1. The number of Topliss-reactive ketones (excluding diaryl/α,β-unsaturated/α-hetero) is 1. The van der Waals surface area contributed by atoms with Crippen molar-refractivity contribution in [1.29, 1.82) is 0 Å². The monoisotopic (exact) mass is 500 g/mol. The predicted molar refractivity (Wildman–Crippen MR) is 136 cm³/mol. The number of carbonyl (C=O) groups is 2. The summed E-state index contributed by atoms with van der Waals surface area (Å²) in [5, 5.41) is 19.7. The smallest absolute Gasteiger partial charge is 0.335 e. The number of benzene rings is 3. The molecule has 35 heavy (non-hydrogen) atoms. The molecule has 8 nitrogen and oxygen atoms in total. The Morgan fingerprint density at radius 2 is 1.80 bits per heavy atom. The van der Waals surface area contributed by atoms with Gasteiger partial charge in [-0.2, -0.15) is 0 Å². The molecule has 1 atom stereocenters. The summed E-state index contributed by atoms with van der Waals surface area (Å²) in [5.74, 6) is -0.763. The van der Waals surface area contributed by atoms with Crippen LogP contribution < -0.4 is 9.46 Å². The fourth-order valence-electron chi connectivity index (χ4n) is 3.55. The summed E-state index contributed by atoms with van der Waals surface area (Å²) < 4.78 is 23.3. The maximum atomic E-state index is 11.8. The first-order valence-corrected chi connectivity index (χ1v) is 12.6. The Bertz CT molecular complexity index is 1210. The summed E-state index contributed by atoms with van der Waals surface area (Å²) in [5.41, 5.74) is 2.32. The summed E-state index contributed by atoms with van der Waals surface area (Å²) in [7, 11) is -1.24. The summed E-state index contributed by atoms with van der Waals surface area (Å²) in [6.07, 6.45) is 1.36. The second-order valence-electron chi connectivity index (χ2n) is 7.89. The molecule has 0 fully saturated rings. The van der Waals surface area contributed by atoms with Crippen LogP contribution in [0.4, 0.5) is 5.69 Å². The van der Waals surface area contributed by atoms with Crippen LogP contribution in [0.15, 0.2) is 65.6 Å². The van der Waals surface area contributed by atoms with Crippen molar-refractivity contribution in [3.63, 3.8) is 0 Å². The van der Waals surface area contributed by atoms with Gasteiger partial charge < -0.3 is 19.5 Å². The lowest BCUT2D eigenvalue weighted by Gasteiger charge is -2.33. The van der Waals surface area contributed by atoms with Crippen molar-refractivity contribution in [3.8, 4) is 11.5 Å². The van der Waals surface area contributed by atoms with Crippen LogP contribution in [0.5, 0.6) is 11.5 Å². The summed E-state index contributed by atoms with van der Waals surface area (Å²) in [4.78, 5) is 23.6. The molecule has 186 valence electrons. The molecule has 9 heteroatoms. The van der Waals surface area contributed by atoms with Crippen LogP contribution in [0.3, 0.4) is 0 Å². The van der Waals surface area contributed by atoms with Gasteiger partial charge in [-0.25, -0.2) is 13.7 Å². The number of ether oxygens (including phenoxy) is 1. The summed E-state index contributed by atoms with van der Waals surface area (Å²) in [6, 6.07) is 16.7. The van der Waals surface area contributed by atoms with Crippen LogP contribution in [0.2, 0.25) is 0 Å². The highest BCUT2D eigenvalue weighted by atomic mass is 32.3. The predicted octanol–water partition coefficient (Wildman–Crippen LogP) is 5.22. The molecule has 0 bridgehead atoms. The summed E-state index contributed by atoms with van der Waals surface area (Å²) in [6.45, 7) is 3.63. The number of aromatic carboxylic acids is 1. The van der Waals surface area contributed by atoms with Crippen LogP contribution in [0, 0.1) is 0 Å². The minimum Gasteiger partial charge on any atom is -0.507 e. The van der Waals surface area contributed by atoms with Gasteiger partial charge >= 0.3 is 5.97 Å². The highest BCUT2D eigenvalue weighted by Gasteiger charge is 2.24. The third-order valence-electron chi connectivity index (χ3n) is 5.39. The lowest BCUT2D eigenvalue weighted by Crippen LogP contribution is -2.13. The van der Waals surface area contributed by atoms with Gasteiger partial charge in [0.15, 0.2) is 5.78 Å². The number of carboxylic acid groups (broad SMARTS) is 1. The van der Waals surface area contributed by atoms with Gasteiger partial charge in [-0.1, -0.05) is 31.5 Å². The zero-order valence-electron chi connectivity index (χ0n) is 19.8. The highest BCUT2D eigenvalue weighted by Crippen LogP contribution is 2.52. The van der Waals surface area contributed by atoms with E-state index in [9.17, 15) is 19.8 Å². The molecule has 3 aromatic carbocycles. The van der Waals surface area contributed by atoms with Gasteiger partial charge in [0.25, 0.3) is 0 Å². The van der Waals surface area contributed by atoms with Gasteiger partial charge in [0, 0.05) is 16.3 Å². The van der Waals surface area contributed by atoms with Crippen molar-refractivity contribution in [2.75, 3.05) is 11.8 Å². The molecule has 0 radical (unpaired) electrons. The molecule has 3 rings (SSSR count). The SMILES string of the molecule is CCCc1c(OCc2ccc(S([OH2+])(Nc3cccc(C(=O)O)c3)OC)cc2)ccc(C(C)=O)c1O. The zero-order chi connectivity index (χ0) is 25.6. The topological polar surface area (TPSA) is 128 Å². The van der Waals surface area contributed by atoms with E-state index < -0.39 is 16.7 Å². The van der Waals surface area contributed by atoms with E-state index in [-0.39, 0.29) is 29.3 Å². The molecule has 3 aromatic rings. The van der Waals surface area contributed by atoms with Gasteiger partial charge in [-0.15, -0.1) is 0 Å². The lowest BCUT2D eigenvalue weighted by atomic mass is 10.0. The largest absolute Gasteiger partial charge is 0.507 e. The highest BCUT2D eigenvalue weighted by molar-refractivity contribution is 8.26. The van der Waals surface area contributed by atoms with E-state index in [1.54, 1.807) is 36.4 Å². The summed E-state index contributed by atoms with van der Waals surface area (Å²) >= 11 is 0. The van der Waals surface area contributed by atoms with E-state index in [4.69, 9.17) is 13.5 Å². The molecule has 0 heterocycles. The number of anilines is 1. The molecule has 0 saturated carbocycles. The van der Waals surface area contributed by atoms with E-state index in [1.165, 1.54) is 26.2 Å². The quantitative estimate of drug-likeness (QED) is 0.243. The number of phenolic OH excluding ortho intramolecular Hbond substituents is 1. The minimum absolute atomic E-state index is 0.0343. The average molecular weight is 501 g/mol. The number of hydrogen-bond acceptors (Lipinski definition) is 6. The van der Waals surface area contributed by atoms with Crippen molar-refractivity contribution in [3.05, 3.63) is 82.9 Å². The Labute approximate surface area is 206 Å². The third-order valence-corrected chi connectivity index (χ3v) is 7.35. The number of hydrogen-bond donors (Lipinski definition) is 3. The van der Waals surface area contributed by atoms with Gasteiger partial charge in [-0.05, 0) is 61.4 Å². The van der Waals surface area contributed by atoms with Crippen molar-refractivity contribution in [2.24, 2.45) is 0 Å². The maximum Gasteiger partial charge on any atom is 0.335 e. The van der Waals surface area contributed by atoms with Crippen LogP contribution in [-0.4, -0.2) is 33.6 Å². The van der Waals surface area contributed by atoms with E-state index >= 15 is 0 Å². The number of rotatable bonds is 11. The Hall–Kier alpha value is -3.53. The van der Waals surface area contributed by atoms with Crippen LogP contribution in [0.25, 0.3) is 0 Å². The van der Waals surface area contributed by atoms with Crippen molar-refractivity contribution < 1.29 is 33.3 Å². The van der Waals surface area contributed by atoms with Crippen LogP contribution >= 0.6 is 10.8 Å². The molecule has 0 spiro atoms. The number of carbonyl (C=O) groups excluding carboxylic acids is 1. The maximum absolute atomic E-state index is 11.8. The number of ketones is 1. The molecule has 0 aliphatic carbocycles. The van der Waals surface area contributed by atoms with Gasteiger partial charge in [0.05, 0.1) is 23.9 Å². The van der Waals surface area contributed by atoms with Gasteiger partial charge in [0.2, 0.25) is 0 Å². The minimum atomic E-state index is -2.67.